The standard InChI is InChI=1S/C19H21N5OS/c1-14-17(26-22-21-14)19(25)24-10-5-8-16(13-24)18-20-9-11-23(18)12-15-6-3-2-4-7-15/h2-4,6-7,9,11,16H,5,8,10,12-13H2,1H3. The van der Waals surface area contributed by atoms with Crippen molar-refractivity contribution in [3.63, 3.8) is 0 Å². The molecule has 0 aliphatic carbocycles. The number of amides is 1. The van der Waals surface area contributed by atoms with Gasteiger partial charge in [-0.3, -0.25) is 4.79 Å². The molecule has 1 aliphatic heterocycles. The third-order valence-corrected chi connectivity index (χ3v) is 5.68. The Morgan fingerprint density at radius 1 is 1.31 bits per heavy atom. The summed E-state index contributed by atoms with van der Waals surface area (Å²) in [5.41, 5.74) is 1.97. The Morgan fingerprint density at radius 2 is 2.15 bits per heavy atom. The second-order valence-electron chi connectivity index (χ2n) is 6.68. The highest BCUT2D eigenvalue weighted by atomic mass is 32.1. The van der Waals surface area contributed by atoms with Gasteiger partial charge in [0.15, 0.2) is 0 Å². The first-order valence-corrected chi connectivity index (χ1v) is 9.63. The summed E-state index contributed by atoms with van der Waals surface area (Å²) in [5, 5.41) is 3.97. The highest BCUT2D eigenvalue weighted by molar-refractivity contribution is 7.07. The van der Waals surface area contributed by atoms with Gasteiger partial charge in [-0.25, -0.2) is 4.98 Å². The van der Waals surface area contributed by atoms with Gasteiger partial charge in [0.1, 0.15) is 10.7 Å². The van der Waals surface area contributed by atoms with Gasteiger partial charge >= 0.3 is 0 Å². The Hall–Kier alpha value is -2.54. The van der Waals surface area contributed by atoms with Crippen molar-refractivity contribution in [3.8, 4) is 0 Å². The summed E-state index contributed by atoms with van der Waals surface area (Å²) in [6.45, 7) is 4.12. The monoisotopic (exact) mass is 367 g/mol. The molecule has 26 heavy (non-hydrogen) atoms. The van der Waals surface area contributed by atoms with Crippen molar-refractivity contribution in [2.75, 3.05) is 13.1 Å². The molecule has 1 amide bonds. The summed E-state index contributed by atoms with van der Waals surface area (Å²) in [4.78, 5) is 20.0. The lowest BCUT2D eigenvalue weighted by molar-refractivity contribution is 0.0707. The van der Waals surface area contributed by atoms with Gasteiger partial charge in [0.05, 0.1) is 5.69 Å². The highest BCUT2D eigenvalue weighted by Gasteiger charge is 2.29. The van der Waals surface area contributed by atoms with Gasteiger partial charge in [-0.1, -0.05) is 34.8 Å². The number of nitrogens with zero attached hydrogens (tertiary/aromatic N) is 5. The summed E-state index contributed by atoms with van der Waals surface area (Å²) in [6.07, 6.45) is 5.92. The van der Waals surface area contributed by atoms with E-state index in [1.165, 1.54) is 17.1 Å². The lowest BCUT2D eigenvalue weighted by atomic mass is 9.96. The summed E-state index contributed by atoms with van der Waals surface area (Å²) in [5.74, 6) is 1.36. The smallest absolute Gasteiger partial charge is 0.267 e. The number of carbonyl (C=O) groups is 1. The number of rotatable bonds is 4. The number of aryl methyl sites for hydroxylation is 1. The molecule has 1 fully saturated rings. The van der Waals surface area contributed by atoms with Gasteiger partial charge in [0, 0.05) is 37.9 Å². The minimum atomic E-state index is 0.0448. The molecular weight excluding hydrogens is 346 g/mol. The Labute approximate surface area is 156 Å². The van der Waals surface area contributed by atoms with E-state index in [9.17, 15) is 4.79 Å². The zero-order chi connectivity index (χ0) is 17.9. The zero-order valence-electron chi connectivity index (χ0n) is 14.7. The molecule has 0 bridgehead atoms. The fourth-order valence-electron chi connectivity index (χ4n) is 3.54. The number of aromatic nitrogens is 4. The molecule has 0 N–H and O–H groups in total. The Kier molecular flexibility index (Phi) is 4.79. The number of hydrogen-bond donors (Lipinski definition) is 0. The van der Waals surface area contributed by atoms with Crippen molar-refractivity contribution >= 4 is 17.4 Å². The van der Waals surface area contributed by atoms with Crippen molar-refractivity contribution in [3.05, 3.63) is 64.7 Å². The first-order chi connectivity index (χ1) is 12.7. The van der Waals surface area contributed by atoms with Crippen LogP contribution < -0.4 is 0 Å². The van der Waals surface area contributed by atoms with E-state index in [-0.39, 0.29) is 11.8 Å². The van der Waals surface area contributed by atoms with E-state index in [0.717, 1.165) is 31.8 Å². The maximum atomic E-state index is 12.8. The number of likely N-dealkylation sites (tertiary alicyclic amines) is 1. The Morgan fingerprint density at radius 3 is 2.92 bits per heavy atom. The van der Waals surface area contributed by atoms with Crippen LogP contribution in [0.25, 0.3) is 0 Å². The normalized spacial score (nSPS) is 17.4. The molecule has 134 valence electrons. The summed E-state index contributed by atoms with van der Waals surface area (Å²) < 4.78 is 6.10. The Balaban J connectivity index is 1.51. The minimum Gasteiger partial charge on any atom is -0.337 e. The van der Waals surface area contributed by atoms with Crippen LogP contribution in [0.3, 0.4) is 0 Å². The number of imidazole rings is 1. The van der Waals surface area contributed by atoms with Gasteiger partial charge in [0.25, 0.3) is 5.91 Å². The van der Waals surface area contributed by atoms with Crippen LogP contribution in [0.15, 0.2) is 42.7 Å². The summed E-state index contributed by atoms with van der Waals surface area (Å²) in [6, 6.07) is 10.4. The lowest BCUT2D eigenvalue weighted by Crippen LogP contribution is -2.39. The van der Waals surface area contributed by atoms with Gasteiger partial charge < -0.3 is 9.47 Å². The van der Waals surface area contributed by atoms with Crippen LogP contribution in [-0.4, -0.2) is 43.0 Å². The molecule has 1 aliphatic rings. The zero-order valence-corrected chi connectivity index (χ0v) is 15.5. The fraction of sp³-hybridized carbons (Fsp3) is 0.368. The topological polar surface area (TPSA) is 63.9 Å². The maximum Gasteiger partial charge on any atom is 0.267 e. The largest absolute Gasteiger partial charge is 0.337 e. The third-order valence-electron chi connectivity index (χ3n) is 4.86. The molecule has 7 heteroatoms. The van der Waals surface area contributed by atoms with Crippen LogP contribution in [0.1, 0.15) is 45.5 Å². The van der Waals surface area contributed by atoms with Gasteiger partial charge in [-0.2, -0.15) is 0 Å². The number of benzene rings is 1. The van der Waals surface area contributed by atoms with Crippen LogP contribution in [0.2, 0.25) is 0 Å². The number of piperidine rings is 1. The van der Waals surface area contributed by atoms with Crippen LogP contribution >= 0.6 is 11.5 Å². The first kappa shape index (κ1) is 16.9. The van der Waals surface area contributed by atoms with E-state index < -0.39 is 0 Å². The molecule has 0 spiro atoms. The van der Waals surface area contributed by atoms with Gasteiger partial charge in [-0.15, -0.1) is 5.10 Å². The van der Waals surface area contributed by atoms with E-state index in [0.29, 0.717) is 17.1 Å². The number of hydrogen-bond acceptors (Lipinski definition) is 5. The van der Waals surface area contributed by atoms with E-state index >= 15 is 0 Å². The minimum absolute atomic E-state index is 0.0448. The van der Waals surface area contributed by atoms with Crippen molar-refractivity contribution in [2.24, 2.45) is 0 Å². The molecule has 3 heterocycles. The SMILES string of the molecule is Cc1nnsc1C(=O)N1CCCC(c2nccn2Cc2ccccc2)C1. The molecule has 1 aromatic carbocycles. The van der Waals surface area contributed by atoms with E-state index in [1.54, 1.807) is 0 Å². The first-order valence-electron chi connectivity index (χ1n) is 8.85. The molecule has 6 nitrogen and oxygen atoms in total. The van der Waals surface area contributed by atoms with Crippen molar-refractivity contribution in [2.45, 2.75) is 32.2 Å². The van der Waals surface area contributed by atoms with E-state index in [4.69, 9.17) is 0 Å². The molecule has 0 radical (unpaired) electrons. The predicted molar refractivity (Wildman–Crippen MR) is 100 cm³/mol. The fourth-order valence-corrected chi connectivity index (χ4v) is 4.16. The van der Waals surface area contributed by atoms with Crippen LogP contribution in [0.5, 0.6) is 0 Å². The second kappa shape index (κ2) is 7.37. The molecule has 3 aromatic rings. The van der Waals surface area contributed by atoms with Crippen LogP contribution in [-0.2, 0) is 6.54 Å². The maximum absolute atomic E-state index is 12.8. The molecule has 1 saturated heterocycles. The molecule has 2 aromatic heterocycles. The average Bonchev–Trinajstić information content (AvgIpc) is 3.31. The van der Waals surface area contributed by atoms with Crippen molar-refractivity contribution in [1.82, 2.24) is 24.0 Å². The lowest BCUT2D eigenvalue weighted by Gasteiger charge is -2.32. The van der Waals surface area contributed by atoms with Crippen LogP contribution in [0, 0.1) is 6.92 Å². The molecule has 0 saturated carbocycles. The molecule has 4 rings (SSSR count). The van der Waals surface area contributed by atoms with Crippen LogP contribution in [0.4, 0.5) is 0 Å². The summed E-state index contributed by atoms with van der Waals surface area (Å²) in [7, 11) is 0. The quantitative estimate of drug-likeness (QED) is 0.711. The average molecular weight is 367 g/mol. The predicted octanol–water partition coefficient (Wildman–Crippen LogP) is 3.11. The third kappa shape index (κ3) is 3.39. The number of carbonyl (C=O) groups excluding carboxylic acids is 1. The van der Waals surface area contributed by atoms with E-state index in [1.807, 2.05) is 30.3 Å². The summed E-state index contributed by atoms with van der Waals surface area (Å²) >= 11 is 1.18. The molecule has 1 unspecified atom stereocenters. The molecule has 1 atom stereocenters. The second-order valence-corrected chi connectivity index (χ2v) is 7.43. The van der Waals surface area contributed by atoms with Gasteiger partial charge in [-0.05, 0) is 36.9 Å². The Bertz CT molecular complexity index is 888. The van der Waals surface area contributed by atoms with Crippen molar-refractivity contribution < 1.29 is 4.79 Å². The molecular formula is C19H21N5OS. The van der Waals surface area contributed by atoms with E-state index in [2.05, 4.69) is 43.4 Å². The van der Waals surface area contributed by atoms with Crippen molar-refractivity contribution in [1.29, 1.82) is 0 Å². The highest BCUT2D eigenvalue weighted by Crippen LogP contribution is 2.28. The van der Waals surface area contributed by atoms with Gasteiger partial charge in [0.2, 0.25) is 0 Å².